The Morgan fingerprint density at radius 2 is 2.17 bits per heavy atom. The summed E-state index contributed by atoms with van der Waals surface area (Å²) in [5.74, 6) is -0.743. The van der Waals surface area contributed by atoms with Crippen molar-refractivity contribution in [3.05, 3.63) is 0 Å². The molecule has 0 aliphatic carbocycles. The van der Waals surface area contributed by atoms with Crippen molar-refractivity contribution in [2.75, 3.05) is 26.3 Å². The molecule has 1 amide bonds. The van der Waals surface area contributed by atoms with Crippen molar-refractivity contribution < 1.29 is 19.1 Å². The van der Waals surface area contributed by atoms with Crippen LogP contribution in [0.15, 0.2) is 0 Å². The van der Waals surface area contributed by atoms with Crippen molar-refractivity contribution in [2.24, 2.45) is 0 Å². The Kier molecular flexibility index (Phi) is 7.20. The van der Waals surface area contributed by atoms with Gasteiger partial charge in [0.1, 0.15) is 11.6 Å². The topological polar surface area (TPSA) is 76.7 Å². The normalized spacial score (nSPS) is 19.6. The Labute approximate surface area is 113 Å². The molecule has 106 valence electrons. The average Bonchev–Trinajstić information content (AvgIpc) is 2.30. The Morgan fingerprint density at radius 1 is 1.50 bits per heavy atom. The number of morpholine rings is 1. The van der Waals surface area contributed by atoms with E-state index in [1.807, 2.05) is 0 Å². The standard InChI is InChI=1S/C11H20N2O4.ClH/c1-4-16-10(15)11(2,3)13-9(14)8-7-12-5-6-17-8;/h8,12H,4-7H2,1-3H3,(H,13,14);1H. The predicted octanol–water partition coefficient (Wildman–Crippen LogP) is -0.145. The van der Waals surface area contributed by atoms with E-state index >= 15 is 0 Å². The number of rotatable bonds is 4. The lowest BCUT2D eigenvalue weighted by Crippen LogP contribution is -2.56. The highest BCUT2D eigenvalue weighted by atomic mass is 35.5. The van der Waals surface area contributed by atoms with Crippen LogP contribution in [0.5, 0.6) is 0 Å². The van der Waals surface area contributed by atoms with Crippen molar-refractivity contribution in [1.29, 1.82) is 0 Å². The van der Waals surface area contributed by atoms with Gasteiger partial charge in [-0.3, -0.25) is 4.79 Å². The molecular weight excluding hydrogens is 260 g/mol. The number of esters is 1. The van der Waals surface area contributed by atoms with Crippen LogP contribution in [0.1, 0.15) is 20.8 Å². The van der Waals surface area contributed by atoms with Gasteiger partial charge in [0, 0.05) is 13.1 Å². The maximum absolute atomic E-state index is 11.8. The summed E-state index contributed by atoms with van der Waals surface area (Å²) in [5, 5.41) is 5.69. The van der Waals surface area contributed by atoms with Crippen LogP contribution >= 0.6 is 12.4 Å². The van der Waals surface area contributed by atoms with Gasteiger partial charge in [-0.25, -0.2) is 4.79 Å². The molecule has 1 aliphatic rings. The van der Waals surface area contributed by atoms with Crippen molar-refractivity contribution in [1.82, 2.24) is 10.6 Å². The fourth-order valence-electron chi connectivity index (χ4n) is 1.48. The van der Waals surface area contributed by atoms with Crippen LogP contribution in [0.3, 0.4) is 0 Å². The van der Waals surface area contributed by atoms with E-state index in [4.69, 9.17) is 9.47 Å². The molecule has 1 atom stereocenters. The second-order valence-corrected chi connectivity index (χ2v) is 4.40. The van der Waals surface area contributed by atoms with Crippen molar-refractivity contribution in [2.45, 2.75) is 32.4 Å². The molecule has 1 heterocycles. The summed E-state index contributed by atoms with van der Waals surface area (Å²) in [5.41, 5.74) is -1.03. The molecule has 0 aromatic carbocycles. The molecule has 0 aromatic rings. The lowest BCUT2D eigenvalue weighted by atomic mass is 10.1. The van der Waals surface area contributed by atoms with Gasteiger partial charge >= 0.3 is 5.97 Å². The Bertz CT molecular complexity index is 291. The van der Waals surface area contributed by atoms with Gasteiger partial charge in [0.15, 0.2) is 0 Å². The molecule has 0 spiro atoms. The van der Waals surface area contributed by atoms with Gasteiger partial charge in [0.25, 0.3) is 5.91 Å². The van der Waals surface area contributed by atoms with Gasteiger partial charge < -0.3 is 20.1 Å². The first kappa shape index (κ1) is 17.2. The third-order valence-electron chi connectivity index (χ3n) is 2.44. The maximum atomic E-state index is 11.8. The molecule has 0 aromatic heterocycles. The van der Waals surface area contributed by atoms with Gasteiger partial charge in [-0.1, -0.05) is 0 Å². The van der Waals surface area contributed by atoms with Crippen molar-refractivity contribution >= 4 is 24.3 Å². The van der Waals surface area contributed by atoms with Crippen molar-refractivity contribution in [3.8, 4) is 0 Å². The fourth-order valence-corrected chi connectivity index (χ4v) is 1.48. The molecule has 1 saturated heterocycles. The second kappa shape index (κ2) is 7.56. The number of ether oxygens (including phenoxy) is 2. The maximum Gasteiger partial charge on any atom is 0.331 e. The van der Waals surface area contributed by atoms with Gasteiger partial charge in [-0.2, -0.15) is 0 Å². The van der Waals surface area contributed by atoms with E-state index < -0.39 is 17.6 Å². The zero-order chi connectivity index (χ0) is 12.9. The van der Waals surface area contributed by atoms with Crippen LogP contribution in [-0.2, 0) is 19.1 Å². The van der Waals surface area contributed by atoms with Crippen LogP contribution in [-0.4, -0.2) is 49.8 Å². The summed E-state index contributed by atoms with van der Waals surface area (Å²) in [6, 6.07) is 0. The fraction of sp³-hybridized carbons (Fsp3) is 0.818. The molecule has 0 radical (unpaired) electrons. The number of carbonyl (C=O) groups excluding carboxylic acids is 2. The van der Waals surface area contributed by atoms with Gasteiger partial charge in [-0.15, -0.1) is 12.4 Å². The first-order chi connectivity index (χ1) is 7.97. The largest absolute Gasteiger partial charge is 0.464 e. The first-order valence-electron chi connectivity index (χ1n) is 5.79. The first-order valence-corrected chi connectivity index (χ1v) is 5.79. The van der Waals surface area contributed by atoms with E-state index in [0.717, 1.165) is 6.54 Å². The van der Waals surface area contributed by atoms with E-state index in [-0.39, 0.29) is 18.3 Å². The molecule has 2 N–H and O–H groups in total. The number of carbonyl (C=O) groups is 2. The molecule has 1 aliphatic heterocycles. The lowest BCUT2D eigenvalue weighted by Gasteiger charge is -2.28. The quantitative estimate of drug-likeness (QED) is 0.701. The minimum absolute atomic E-state index is 0. The van der Waals surface area contributed by atoms with Crippen molar-refractivity contribution in [3.63, 3.8) is 0 Å². The van der Waals surface area contributed by atoms with Gasteiger partial charge in [0.05, 0.1) is 13.2 Å². The third kappa shape index (κ3) is 4.80. The SMILES string of the molecule is CCOC(=O)C(C)(C)NC(=O)C1CNCCO1.Cl. The predicted molar refractivity (Wildman–Crippen MR) is 68.7 cm³/mol. The molecule has 1 unspecified atom stereocenters. The van der Waals surface area contributed by atoms with Gasteiger partial charge in [0.2, 0.25) is 0 Å². The molecule has 1 fully saturated rings. The Hall–Kier alpha value is -0.850. The lowest BCUT2D eigenvalue weighted by molar-refractivity contribution is -0.153. The summed E-state index contributed by atoms with van der Waals surface area (Å²) in [4.78, 5) is 23.4. The number of hydrogen-bond donors (Lipinski definition) is 2. The van der Waals surface area contributed by atoms with Crippen LogP contribution in [0, 0.1) is 0 Å². The smallest absolute Gasteiger partial charge is 0.331 e. The molecule has 18 heavy (non-hydrogen) atoms. The Morgan fingerprint density at radius 3 is 2.67 bits per heavy atom. The van der Waals surface area contributed by atoms with Gasteiger partial charge in [-0.05, 0) is 20.8 Å². The number of nitrogens with one attached hydrogen (secondary N) is 2. The van der Waals surface area contributed by atoms with Crippen LogP contribution in [0.2, 0.25) is 0 Å². The summed E-state index contributed by atoms with van der Waals surface area (Å²) in [7, 11) is 0. The highest BCUT2D eigenvalue weighted by Gasteiger charge is 2.34. The Balaban J connectivity index is 0.00000289. The van der Waals surface area contributed by atoms with Crippen LogP contribution < -0.4 is 10.6 Å². The molecular formula is C11H21ClN2O4. The second-order valence-electron chi connectivity index (χ2n) is 4.40. The molecule has 1 rings (SSSR count). The van der Waals surface area contributed by atoms with E-state index in [1.165, 1.54) is 0 Å². The van der Waals surface area contributed by atoms with Crippen LogP contribution in [0.25, 0.3) is 0 Å². The number of hydrogen-bond acceptors (Lipinski definition) is 5. The molecule has 6 nitrogen and oxygen atoms in total. The number of amides is 1. The monoisotopic (exact) mass is 280 g/mol. The molecule has 7 heteroatoms. The summed E-state index contributed by atoms with van der Waals surface area (Å²) < 4.78 is 10.2. The van der Waals surface area contributed by atoms with E-state index in [0.29, 0.717) is 19.8 Å². The molecule has 0 saturated carbocycles. The third-order valence-corrected chi connectivity index (χ3v) is 2.44. The zero-order valence-corrected chi connectivity index (χ0v) is 11.8. The average molecular weight is 281 g/mol. The van der Waals surface area contributed by atoms with E-state index in [1.54, 1.807) is 20.8 Å². The van der Waals surface area contributed by atoms with E-state index in [2.05, 4.69) is 10.6 Å². The number of halogens is 1. The highest BCUT2D eigenvalue weighted by Crippen LogP contribution is 2.07. The summed E-state index contributed by atoms with van der Waals surface area (Å²) >= 11 is 0. The summed E-state index contributed by atoms with van der Waals surface area (Å²) in [6.07, 6.45) is -0.544. The minimum Gasteiger partial charge on any atom is -0.464 e. The van der Waals surface area contributed by atoms with Crippen LogP contribution in [0.4, 0.5) is 0 Å². The summed E-state index contributed by atoms with van der Waals surface area (Å²) in [6.45, 7) is 6.94. The van der Waals surface area contributed by atoms with E-state index in [9.17, 15) is 9.59 Å². The zero-order valence-electron chi connectivity index (χ0n) is 10.9. The molecule has 0 bridgehead atoms. The minimum atomic E-state index is -1.03. The highest BCUT2D eigenvalue weighted by molar-refractivity contribution is 5.89.